The Morgan fingerprint density at radius 1 is 1.55 bits per heavy atom. The molecule has 0 heterocycles. The summed E-state index contributed by atoms with van der Waals surface area (Å²) in [5.41, 5.74) is 6.47. The Kier molecular flexibility index (Phi) is 6.04. The summed E-state index contributed by atoms with van der Waals surface area (Å²) in [6.45, 7) is 1.93. The quantitative estimate of drug-likeness (QED) is 0.783. The lowest BCUT2D eigenvalue weighted by Crippen LogP contribution is -2.37. The van der Waals surface area contributed by atoms with Crippen molar-refractivity contribution in [1.29, 1.82) is 0 Å². The normalized spacial score (nSPS) is 11.2. The number of ether oxygens (including phenoxy) is 1. The van der Waals surface area contributed by atoms with Gasteiger partial charge in [0.05, 0.1) is 31.9 Å². The van der Waals surface area contributed by atoms with Crippen LogP contribution in [-0.4, -0.2) is 49.3 Å². The molecular formula is C15H20N2O3. The average molecular weight is 276 g/mol. The first-order valence-corrected chi connectivity index (χ1v) is 6.30. The van der Waals surface area contributed by atoms with Gasteiger partial charge in [-0.1, -0.05) is 11.8 Å². The maximum absolute atomic E-state index is 12.3. The number of aliphatic hydroxyl groups is 1. The Morgan fingerprint density at radius 2 is 2.25 bits per heavy atom. The molecule has 3 N–H and O–H groups in total. The molecule has 0 aliphatic carbocycles. The highest BCUT2D eigenvalue weighted by atomic mass is 16.5. The zero-order chi connectivity index (χ0) is 15.1. The third-order valence-electron chi connectivity index (χ3n) is 3.02. The van der Waals surface area contributed by atoms with Crippen molar-refractivity contribution in [2.75, 3.05) is 27.3 Å². The molecule has 20 heavy (non-hydrogen) atoms. The monoisotopic (exact) mass is 276 g/mol. The fourth-order valence-corrected chi connectivity index (χ4v) is 1.61. The van der Waals surface area contributed by atoms with Gasteiger partial charge in [0.2, 0.25) is 0 Å². The summed E-state index contributed by atoms with van der Waals surface area (Å²) in [6, 6.07) is 4.80. The molecule has 5 heteroatoms. The lowest BCUT2D eigenvalue weighted by Gasteiger charge is -2.23. The average Bonchev–Trinajstić information content (AvgIpc) is 2.50. The smallest absolute Gasteiger partial charge is 0.253 e. The van der Waals surface area contributed by atoms with Crippen molar-refractivity contribution in [2.45, 2.75) is 13.0 Å². The van der Waals surface area contributed by atoms with E-state index in [1.165, 1.54) is 4.90 Å². The molecule has 5 nitrogen and oxygen atoms in total. The van der Waals surface area contributed by atoms with Gasteiger partial charge in [0.25, 0.3) is 5.91 Å². The van der Waals surface area contributed by atoms with Gasteiger partial charge in [0.1, 0.15) is 5.75 Å². The van der Waals surface area contributed by atoms with Gasteiger partial charge in [-0.25, -0.2) is 0 Å². The molecule has 0 fully saturated rings. The van der Waals surface area contributed by atoms with Gasteiger partial charge < -0.3 is 20.5 Å². The topological polar surface area (TPSA) is 75.8 Å². The Balaban J connectivity index is 3.11. The van der Waals surface area contributed by atoms with Crippen molar-refractivity contribution in [3.8, 4) is 17.6 Å². The predicted molar refractivity (Wildman–Crippen MR) is 77.6 cm³/mol. The molecule has 1 aromatic carbocycles. The van der Waals surface area contributed by atoms with Crippen LogP contribution in [0.25, 0.3) is 0 Å². The van der Waals surface area contributed by atoms with E-state index in [9.17, 15) is 4.79 Å². The summed E-state index contributed by atoms with van der Waals surface area (Å²) in [7, 11) is 3.20. The number of amides is 1. The summed E-state index contributed by atoms with van der Waals surface area (Å²) in [5.74, 6) is 6.04. The lowest BCUT2D eigenvalue weighted by atomic mass is 10.1. The van der Waals surface area contributed by atoms with E-state index in [1.807, 2.05) is 0 Å². The number of carbonyl (C=O) groups is 1. The van der Waals surface area contributed by atoms with Crippen molar-refractivity contribution in [1.82, 2.24) is 4.90 Å². The zero-order valence-electron chi connectivity index (χ0n) is 12.0. The first-order chi connectivity index (χ1) is 9.54. The molecule has 0 aliphatic heterocycles. The molecule has 1 rings (SSSR count). The number of aliphatic hydroxyl groups excluding tert-OH is 1. The minimum atomic E-state index is -0.247. The van der Waals surface area contributed by atoms with Gasteiger partial charge in [-0.05, 0) is 25.1 Å². The summed E-state index contributed by atoms with van der Waals surface area (Å²) < 4.78 is 5.20. The van der Waals surface area contributed by atoms with E-state index in [1.54, 1.807) is 39.3 Å². The standard InChI is InChI=1S/C15H20N2O3/c1-11(10-18)17(2)15(19)13-6-7-14(20-3)12(9-13)5-4-8-16/h6-7,9,11,18H,8,10,16H2,1-3H3. The highest BCUT2D eigenvalue weighted by molar-refractivity contribution is 5.95. The summed E-state index contributed by atoms with van der Waals surface area (Å²) in [4.78, 5) is 13.8. The molecular weight excluding hydrogens is 256 g/mol. The molecule has 0 aromatic heterocycles. The minimum Gasteiger partial charge on any atom is -0.495 e. The molecule has 1 aromatic rings. The van der Waals surface area contributed by atoms with Crippen molar-refractivity contribution in [3.63, 3.8) is 0 Å². The molecule has 0 saturated carbocycles. The van der Waals surface area contributed by atoms with E-state index in [4.69, 9.17) is 15.6 Å². The van der Waals surface area contributed by atoms with E-state index in [0.29, 0.717) is 16.9 Å². The first-order valence-electron chi connectivity index (χ1n) is 6.30. The Labute approximate surface area is 119 Å². The first kappa shape index (κ1) is 16.0. The second-order valence-electron chi connectivity index (χ2n) is 4.37. The van der Waals surface area contributed by atoms with E-state index in [2.05, 4.69) is 11.8 Å². The van der Waals surface area contributed by atoms with Crippen molar-refractivity contribution >= 4 is 5.91 Å². The van der Waals surface area contributed by atoms with Crippen LogP contribution in [0.5, 0.6) is 5.75 Å². The van der Waals surface area contributed by atoms with Crippen LogP contribution in [0.3, 0.4) is 0 Å². The SMILES string of the molecule is COc1ccc(C(=O)N(C)C(C)CO)cc1C#CCN. The molecule has 0 bridgehead atoms. The largest absolute Gasteiger partial charge is 0.495 e. The van der Waals surface area contributed by atoms with Crippen LogP contribution in [0.2, 0.25) is 0 Å². The molecule has 0 spiro atoms. The lowest BCUT2D eigenvalue weighted by molar-refractivity contribution is 0.0682. The molecule has 0 saturated heterocycles. The van der Waals surface area contributed by atoms with Crippen LogP contribution in [-0.2, 0) is 0 Å². The predicted octanol–water partition coefficient (Wildman–Crippen LogP) is 0.458. The molecule has 0 radical (unpaired) electrons. The highest BCUT2D eigenvalue weighted by Gasteiger charge is 2.17. The Hall–Kier alpha value is -2.03. The second kappa shape index (κ2) is 7.53. The highest BCUT2D eigenvalue weighted by Crippen LogP contribution is 2.20. The fourth-order valence-electron chi connectivity index (χ4n) is 1.61. The second-order valence-corrected chi connectivity index (χ2v) is 4.37. The third kappa shape index (κ3) is 3.73. The maximum atomic E-state index is 12.3. The number of likely N-dealkylation sites (N-methyl/N-ethyl adjacent to an activating group) is 1. The fraction of sp³-hybridized carbons (Fsp3) is 0.400. The molecule has 0 aliphatic rings. The van der Waals surface area contributed by atoms with E-state index >= 15 is 0 Å². The molecule has 1 atom stereocenters. The van der Waals surface area contributed by atoms with Crippen molar-refractivity contribution < 1.29 is 14.6 Å². The van der Waals surface area contributed by atoms with Gasteiger partial charge in [-0.3, -0.25) is 4.79 Å². The number of nitrogens with zero attached hydrogens (tertiary/aromatic N) is 1. The van der Waals surface area contributed by atoms with Gasteiger partial charge in [-0.2, -0.15) is 0 Å². The molecule has 1 unspecified atom stereocenters. The van der Waals surface area contributed by atoms with E-state index in [0.717, 1.165) is 0 Å². The van der Waals surface area contributed by atoms with Crippen LogP contribution in [0, 0.1) is 11.8 Å². The van der Waals surface area contributed by atoms with Crippen molar-refractivity contribution in [3.05, 3.63) is 29.3 Å². The van der Waals surface area contributed by atoms with Gasteiger partial charge in [0.15, 0.2) is 0 Å². The number of hydrogen-bond donors (Lipinski definition) is 2. The number of rotatable bonds is 4. The zero-order valence-corrected chi connectivity index (χ0v) is 12.0. The minimum absolute atomic E-state index is 0.0851. The number of methoxy groups -OCH3 is 1. The van der Waals surface area contributed by atoms with Crippen molar-refractivity contribution in [2.24, 2.45) is 5.73 Å². The number of nitrogens with two attached hydrogens (primary N) is 1. The van der Waals surface area contributed by atoms with Crippen LogP contribution >= 0.6 is 0 Å². The third-order valence-corrected chi connectivity index (χ3v) is 3.02. The maximum Gasteiger partial charge on any atom is 0.253 e. The van der Waals surface area contributed by atoms with Crippen LogP contribution in [0.4, 0.5) is 0 Å². The Bertz CT molecular complexity index is 532. The Morgan fingerprint density at radius 3 is 2.80 bits per heavy atom. The van der Waals surface area contributed by atoms with E-state index in [-0.39, 0.29) is 25.1 Å². The number of hydrogen-bond acceptors (Lipinski definition) is 4. The van der Waals surface area contributed by atoms with E-state index < -0.39 is 0 Å². The molecule has 1 amide bonds. The number of benzene rings is 1. The van der Waals surface area contributed by atoms with Gasteiger partial charge in [0, 0.05) is 12.6 Å². The van der Waals surface area contributed by atoms with Crippen LogP contribution in [0.1, 0.15) is 22.8 Å². The number of carbonyl (C=O) groups excluding carboxylic acids is 1. The van der Waals surface area contributed by atoms with Gasteiger partial charge >= 0.3 is 0 Å². The summed E-state index contributed by atoms with van der Waals surface area (Å²) >= 11 is 0. The molecule has 108 valence electrons. The van der Waals surface area contributed by atoms with Crippen LogP contribution < -0.4 is 10.5 Å². The summed E-state index contributed by atoms with van der Waals surface area (Å²) in [5, 5.41) is 9.10. The summed E-state index contributed by atoms with van der Waals surface area (Å²) in [6.07, 6.45) is 0. The van der Waals surface area contributed by atoms with Crippen LogP contribution in [0.15, 0.2) is 18.2 Å². The van der Waals surface area contributed by atoms with Gasteiger partial charge in [-0.15, -0.1) is 0 Å².